The molecule has 2 aliphatic rings. The van der Waals surface area contributed by atoms with Crippen LogP contribution in [0.2, 0.25) is 0 Å². The summed E-state index contributed by atoms with van der Waals surface area (Å²) in [5.41, 5.74) is 7.15. The van der Waals surface area contributed by atoms with Crippen molar-refractivity contribution in [1.29, 1.82) is 0 Å². The summed E-state index contributed by atoms with van der Waals surface area (Å²) in [6, 6.07) is 0. The molecule has 1 atom stereocenters. The summed E-state index contributed by atoms with van der Waals surface area (Å²) in [5.74, 6) is 0.482. The fraction of sp³-hybridized carbons (Fsp3) is 1.00. The van der Waals surface area contributed by atoms with E-state index in [1.807, 2.05) is 0 Å². The first-order chi connectivity index (χ1) is 7.96. The maximum atomic E-state index is 6.80. The smallest absolute Gasteiger partial charge is 0.0680 e. The number of ether oxygens (including phenoxy) is 1. The SMILES string of the molecule is CC1(C)CCC(N)(C2CC(C)(C)OC2(C)C)CC1. The van der Waals surface area contributed by atoms with E-state index < -0.39 is 0 Å². The van der Waals surface area contributed by atoms with E-state index in [1.54, 1.807) is 0 Å². The molecule has 0 amide bonds. The number of nitrogens with two attached hydrogens (primary N) is 1. The molecule has 1 heterocycles. The molecule has 1 saturated carbocycles. The second-order valence-electron chi connectivity index (χ2n) is 8.62. The highest BCUT2D eigenvalue weighted by atomic mass is 16.5. The Morgan fingerprint density at radius 2 is 1.39 bits per heavy atom. The second-order valence-corrected chi connectivity index (χ2v) is 8.62. The quantitative estimate of drug-likeness (QED) is 0.769. The minimum absolute atomic E-state index is 0.0203. The van der Waals surface area contributed by atoms with Gasteiger partial charge in [0.15, 0.2) is 0 Å². The van der Waals surface area contributed by atoms with Gasteiger partial charge >= 0.3 is 0 Å². The van der Waals surface area contributed by atoms with E-state index in [0.717, 1.165) is 19.3 Å². The van der Waals surface area contributed by atoms with Crippen molar-refractivity contribution in [1.82, 2.24) is 0 Å². The fourth-order valence-electron chi connectivity index (χ4n) is 4.20. The molecule has 2 rings (SSSR count). The maximum absolute atomic E-state index is 6.80. The highest BCUT2D eigenvalue weighted by molar-refractivity contribution is 5.08. The lowest BCUT2D eigenvalue weighted by Gasteiger charge is -2.47. The molecule has 1 saturated heterocycles. The van der Waals surface area contributed by atoms with Crippen molar-refractivity contribution in [3.8, 4) is 0 Å². The molecule has 0 aromatic carbocycles. The zero-order valence-electron chi connectivity index (χ0n) is 13.1. The van der Waals surface area contributed by atoms with Gasteiger partial charge in [-0.1, -0.05) is 13.8 Å². The van der Waals surface area contributed by atoms with Crippen LogP contribution in [-0.2, 0) is 4.74 Å². The molecule has 2 nitrogen and oxygen atoms in total. The molecular formula is C16H31NO. The van der Waals surface area contributed by atoms with Crippen LogP contribution in [-0.4, -0.2) is 16.7 Å². The monoisotopic (exact) mass is 253 g/mol. The Hall–Kier alpha value is -0.0800. The first-order valence-corrected chi connectivity index (χ1v) is 7.45. The van der Waals surface area contributed by atoms with E-state index >= 15 is 0 Å². The lowest BCUT2D eigenvalue weighted by molar-refractivity contribution is -0.0857. The largest absolute Gasteiger partial charge is 0.369 e. The van der Waals surface area contributed by atoms with Gasteiger partial charge in [0.1, 0.15) is 0 Å². The Bertz CT molecular complexity index is 320. The number of hydrogen-bond acceptors (Lipinski definition) is 2. The molecule has 1 unspecified atom stereocenters. The molecule has 0 radical (unpaired) electrons. The van der Waals surface area contributed by atoms with Crippen molar-refractivity contribution in [2.75, 3.05) is 0 Å². The Morgan fingerprint density at radius 3 is 1.78 bits per heavy atom. The van der Waals surface area contributed by atoms with Gasteiger partial charge in [-0.2, -0.15) is 0 Å². The Morgan fingerprint density at radius 1 is 0.889 bits per heavy atom. The summed E-state index contributed by atoms with van der Waals surface area (Å²) in [4.78, 5) is 0. The van der Waals surface area contributed by atoms with Gasteiger partial charge in [0.05, 0.1) is 11.2 Å². The van der Waals surface area contributed by atoms with Gasteiger partial charge in [-0.3, -0.25) is 0 Å². The first-order valence-electron chi connectivity index (χ1n) is 7.45. The number of hydrogen-bond donors (Lipinski definition) is 1. The minimum Gasteiger partial charge on any atom is -0.369 e. The highest BCUT2D eigenvalue weighted by Gasteiger charge is 2.54. The molecule has 18 heavy (non-hydrogen) atoms. The lowest BCUT2D eigenvalue weighted by atomic mass is 9.61. The van der Waals surface area contributed by atoms with Crippen LogP contribution in [0.5, 0.6) is 0 Å². The van der Waals surface area contributed by atoms with Crippen molar-refractivity contribution < 1.29 is 4.74 Å². The third-order valence-corrected chi connectivity index (χ3v) is 5.30. The fourth-order valence-corrected chi connectivity index (χ4v) is 4.20. The third kappa shape index (κ3) is 2.60. The van der Waals surface area contributed by atoms with Gasteiger partial charge in [-0.25, -0.2) is 0 Å². The summed E-state index contributed by atoms with van der Waals surface area (Å²) >= 11 is 0. The van der Waals surface area contributed by atoms with Gasteiger partial charge in [0, 0.05) is 11.5 Å². The van der Waals surface area contributed by atoms with Crippen molar-refractivity contribution in [3.05, 3.63) is 0 Å². The zero-order chi connectivity index (χ0) is 13.8. The van der Waals surface area contributed by atoms with E-state index in [1.165, 1.54) is 12.8 Å². The summed E-state index contributed by atoms with van der Waals surface area (Å²) in [6.07, 6.45) is 5.88. The van der Waals surface area contributed by atoms with E-state index in [0.29, 0.717) is 11.3 Å². The van der Waals surface area contributed by atoms with Gasteiger partial charge in [-0.05, 0) is 65.2 Å². The standard InChI is InChI=1S/C16H31NO/c1-13(2)7-9-16(17,10-8-13)12-11-14(3,4)18-15(12,5)6/h12H,7-11,17H2,1-6H3. The molecular weight excluding hydrogens is 222 g/mol. The molecule has 0 aromatic heterocycles. The molecule has 2 heteroatoms. The molecule has 2 fully saturated rings. The van der Waals surface area contributed by atoms with Crippen molar-refractivity contribution >= 4 is 0 Å². The second kappa shape index (κ2) is 3.96. The average molecular weight is 253 g/mol. The predicted octanol–water partition coefficient (Wildman–Crippen LogP) is 3.88. The summed E-state index contributed by atoms with van der Waals surface area (Å²) < 4.78 is 6.24. The molecule has 106 valence electrons. The molecule has 0 bridgehead atoms. The Labute approximate surface area is 113 Å². The summed E-state index contributed by atoms with van der Waals surface area (Å²) in [7, 11) is 0. The van der Waals surface area contributed by atoms with Crippen molar-refractivity contribution in [2.24, 2.45) is 17.1 Å². The van der Waals surface area contributed by atoms with Gasteiger partial charge < -0.3 is 10.5 Å². The predicted molar refractivity (Wildman–Crippen MR) is 76.5 cm³/mol. The van der Waals surface area contributed by atoms with Crippen LogP contribution in [0.15, 0.2) is 0 Å². The molecule has 1 aliphatic carbocycles. The molecule has 0 aromatic rings. The highest BCUT2D eigenvalue weighted by Crippen LogP contribution is 2.52. The summed E-state index contributed by atoms with van der Waals surface area (Å²) in [5, 5.41) is 0. The maximum Gasteiger partial charge on any atom is 0.0680 e. The molecule has 0 spiro atoms. The van der Waals surface area contributed by atoms with Gasteiger partial charge in [0.25, 0.3) is 0 Å². The van der Waals surface area contributed by atoms with Crippen LogP contribution in [0.25, 0.3) is 0 Å². The topological polar surface area (TPSA) is 35.2 Å². The third-order valence-electron chi connectivity index (χ3n) is 5.30. The van der Waals surface area contributed by atoms with Crippen LogP contribution in [0, 0.1) is 11.3 Å². The van der Waals surface area contributed by atoms with E-state index in [9.17, 15) is 0 Å². The molecule has 1 aliphatic heterocycles. The van der Waals surface area contributed by atoms with Crippen LogP contribution >= 0.6 is 0 Å². The van der Waals surface area contributed by atoms with Crippen molar-refractivity contribution in [3.63, 3.8) is 0 Å². The van der Waals surface area contributed by atoms with Gasteiger partial charge in [-0.15, -0.1) is 0 Å². The van der Waals surface area contributed by atoms with Crippen LogP contribution in [0.3, 0.4) is 0 Å². The van der Waals surface area contributed by atoms with Crippen molar-refractivity contribution in [2.45, 2.75) is 90.4 Å². The van der Waals surface area contributed by atoms with E-state index in [4.69, 9.17) is 10.5 Å². The Kier molecular flexibility index (Phi) is 3.15. The zero-order valence-corrected chi connectivity index (χ0v) is 13.1. The molecule has 2 N–H and O–H groups in total. The minimum atomic E-state index is -0.0836. The average Bonchev–Trinajstić information content (AvgIpc) is 2.41. The van der Waals surface area contributed by atoms with Gasteiger partial charge in [0.2, 0.25) is 0 Å². The lowest BCUT2D eigenvalue weighted by Crippen LogP contribution is -2.55. The summed E-state index contributed by atoms with van der Waals surface area (Å²) in [6.45, 7) is 13.6. The first kappa shape index (κ1) is 14.3. The van der Waals surface area contributed by atoms with E-state index in [-0.39, 0.29) is 16.7 Å². The van der Waals surface area contributed by atoms with Crippen LogP contribution < -0.4 is 5.73 Å². The van der Waals surface area contributed by atoms with Crippen LogP contribution in [0.1, 0.15) is 73.6 Å². The van der Waals surface area contributed by atoms with Crippen LogP contribution in [0.4, 0.5) is 0 Å². The van der Waals surface area contributed by atoms with E-state index in [2.05, 4.69) is 41.5 Å². The number of rotatable bonds is 1. The Balaban J connectivity index is 2.17. The normalized spacial score (nSPS) is 36.5.